The number of carbonyl (C=O) groups is 1. The Hall–Kier alpha value is -0.570. The summed E-state index contributed by atoms with van der Waals surface area (Å²) < 4.78 is 0. The molecule has 0 aromatic rings. The van der Waals surface area contributed by atoms with Crippen LogP contribution in [-0.2, 0) is 4.79 Å². The van der Waals surface area contributed by atoms with Crippen LogP contribution < -0.4 is 5.73 Å². The third kappa shape index (κ3) is 3.70. The second kappa shape index (κ2) is 6.39. The van der Waals surface area contributed by atoms with Crippen LogP contribution in [-0.4, -0.2) is 29.9 Å². The highest BCUT2D eigenvalue weighted by Crippen LogP contribution is 2.37. The molecule has 1 aliphatic heterocycles. The first-order chi connectivity index (χ1) is 8.06. The molecular formula is C14H28N2O. The van der Waals surface area contributed by atoms with Crippen LogP contribution in [0.4, 0.5) is 0 Å². The maximum Gasteiger partial charge on any atom is 0.224 e. The molecule has 1 rings (SSSR count). The summed E-state index contributed by atoms with van der Waals surface area (Å²) in [4.78, 5) is 14.1. The van der Waals surface area contributed by atoms with Crippen molar-refractivity contribution in [2.45, 2.75) is 65.3 Å². The van der Waals surface area contributed by atoms with Crippen LogP contribution in [0.5, 0.6) is 0 Å². The van der Waals surface area contributed by atoms with Crippen molar-refractivity contribution < 1.29 is 4.79 Å². The Morgan fingerprint density at radius 3 is 2.47 bits per heavy atom. The summed E-state index contributed by atoms with van der Waals surface area (Å²) in [5, 5.41) is 0. The molecule has 3 heteroatoms. The molecule has 0 spiro atoms. The van der Waals surface area contributed by atoms with Crippen molar-refractivity contribution in [3.63, 3.8) is 0 Å². The van der Waals surface area contributed by atoms with Crippen molar-refractivity contribution in [1.29, 1.82) is 0 Å². The van der Waals surface area contributed by atoms with E-state index in [2.05, 4.69) is 20.8 Å². The Labute approximate surface area is 106 Å². The predicted molar refractivity (Wildman–Crippen MR) is 71.7 cm³/mol. The Morgan fingerprint density at radius 2 is 2.00 bits per heavy atom. The Bertz CT molecular complexity index is 249. The lowest BCUT2D eigenvalue weighted by Crippen LogP contribution is -2.36. The highest BCUT2D eigenvalue weighted by atomic mass is 16.2. The van der Waals surface area contributed by atoms with E-state index < -0.39 is 0 Å². The van der Waals surface area contributed by atoms with Crippen molar-refractivity contribution in [3.05, 3.63) is 0 Å². The number of carbonyl (C=O) groups excluding carboxylic acids is 1. The van der Waals surface area contributed by atoms with E-state index >= 15 is 0 Å². The van der Waals surface area contributed by atoms with Gasteiger partial charge in [0.05, 0.1) is 0 Å². The molecule has 0 aromatic heterocycles. The minimum atomic E-state index is 0.0470. The van der Waals surface area contributed by atoms with E-state index in [0.29, 0.717) is 11.8 Å². The summed E-state index contributed by atoms with van der Waals surface area (Å²) in [5.74, 6) is 0.259. The lowest BCUT2D eigenvalue weighted by atomic mass is 9.82. The molecule has 1 heterocycles. The maximum atomic E-state index is 12.1. The molecule has 0 radical (unpaired) electrons. The minimum absolute atomic E-state index is 0.0470. The number of nitrogens with two attached hydrogens (primary N) is 1. The van der Waals surface area contributed by atoms with Gasteiger partial charge in [-0.2, -0.15) is 0 Å². The average molecular weight is 240 g/mol. The van der Waals surface area contributed by atoms with Gasteiger partial charge in [0.2, 0.25) is 5.91 Å². The molecule has 17 heavy (non-hydrogen) atoms. The lowest BCUT2D eigenvalue weighted by Gasteiger charge is -2.26. The van der Waals surface area contributed by atoms with E-state index in [0.717, 1.165) is 32.4 Å². The lowest BCUT2D eigenvalue weighted by molar-refractivity contribution is -0.131. The first-order valence-corrected chi connectivity index (χ1v) is 7.10. The maximum absolute atomic E-state index is 12.1. The molecule has 1 atom stereocenters. The second-order valence-electron chi connectivity index (χ2n) is 5.53. The van der Waals surface area contributed by atoms with Crippen molar-refractivity contribution in [2.75, 3.05) is 13.1 Å². The highest BCUT2D eigenvalue weighted by Gasteiger charge is 2.36. The third-order valence-corrected chi connectivity index (χ3v) is 4.39. The summed E-state index contributed by atoms with van der Waals surface area (Å²) in [6, 6.07) is 0.0470. The van der Waals surface area contributed by atoms with Crippen molar-refractivity contribution in [1.82, 2.24) is 4.90 Å². The summed E-state index contributed by atoms with van der Waals surface area (Å²) in [7, 11) is 0. The Morgan fingerprint density at radius 1 is 1.35 bits per heavy atom. The SMILES string of the molecule is CCCC(N)CC(=O)N1CCC(CC)(CC)C1. The summed E-state index contributed by atoms with van der Waals surface area (Å²) in [6.45, 7) is 8.46. The highest BCUT2D eigenvalue weighted by molar-refractivity contribution is 5.77. The van der Waals surface area contributed by atoms with Gasteiger partial charge in [0, 0.05) is 25.6 Å². The monoisotopic (exact) mass is 240 g/mol. The molecule has 3 nitrogen and oxygen atoms in total. The fourth-order valence-electron chi connectivity index (χ4n) is 2.80. The fraction of sp³-hybridized carbons (Fsp3) is 0.929. The molecule has 0 aromatic carbocycles. The number of rotatable bonds is 6. The van der Waals surface area contributed by atoms with Gasteiger partial charge >= 0.3 is 0 Å². The first kappa shape index (κ1) is 14.5. The molecule has 1 saturated heterocycles. The fourth-order valence-corrected chi connectivity index (χ4v) is 2.80. The van der Waals surface area contributed by atoms with Crippen LogP contribution in [0.2, 0.25) is 0 Å². The zero-order chi connectivity index (χ0) is 12.9. The van der Waals surface area contributed by atoms with Gasteiger partial charge in [-0.3, -0.25) is 4.79 Å². The molecule has 0 saturated carbocycles. The van der Waals surface area contributed by atoms with Crippen LogP contribution in [0.1, 0.15) is 59.3 Å². The molecule has 1 fully saturated rings. The number of hydrogen-bond acceptors (Lipinski definition) is 2. The standard InChI is InChI=1S/C14H28N2O/c1-4-7-12(15)10-13(17)16-9-8-14(5-2,6-3)11-16/h12H,4-11,15H2,1-3H3. The first-order valence-electron chi connectivity index (χ1n) is 7.10. The summed E-state index contributed by atoms with van der Waals surface area (Å²) in [6.07, 6.45) is 6.04. The largest absolute Gasteiger partial charge is 0.342 e. The van der Waals surface area contributed by atoms with Gasteiger partial charge in [0.15, 0.2) is 0 Å². The Kier molecular flexibility index (Phi) is 5.44. The third-order valence-electron chi connectivity index (χ3n) is 4.39. The molecule has 0 aliphatic carbocycles. The average Bonchev–Trinajstić information content (AvgIpc) is 2.74. The van der Waals surface area contributed by atoms with E-state index in [9.17, 15) is 4.79 Å². The van der Waals surface area contributed by atoms with Gasteiger partial charge in [-0.05, 0) is 31.1 Å². The van der Waals surface area contributed by atoms with Gasteiger partial charge in [-0.25, -0.2) is 0 Å². The minimum Gasteiger partial charge on any atom is -0.342 e. The molecule has 100 valence electrons. The van der Waals surface area contributed by atoms with Gasteiger partial charge in [-0.1, -0.05) is 27.2 Å². The van der Waals surface area contributed by atoms with Gasteiger partial charge in [0.1, 0.15) is 0 Å². The van der Waals surface area contributed by atoms with Gasteiger partial charge in [0.25, 0.3) is 0 Å². The quantitative estimate of drug-likeness (QED) is 0.775. The normalized spacial score (nSPS) is 20.6. The van der Waals surface area contributed by atoms with Gasteiger partial charge < -0.3 is 10.6 Å². The van der Waals surface area contributed by atoms with Crippen molar-refractivity contribution in [2.24, 2.45) is 11.1 Å². The van der Waals surface area contributed by atoms with Crippen LogP contribution >= 0.6 is 0 Å². The van der Waals surface area contributed by atoms with Crippen molar-refractivity contribution in [3.8, 4) is 0 Å². The van der Waals surface area contributed by atoms with E-state index in [-0.39, 0.29) is 11.9 Å². The van der Waals surface area contributed by atoms with E-state index in [4.69, 9.17) is 5.73 Å². The number of amides is 1. The topological polar surface area (TPSA) is 46.3 Å². The molecule has 1 aliphatic rings. The summed E-state index contributed by atoms with van der Waals surface area (Å²) >= 11 is 0. The van der Waals surface area contributed by atoms with E-state index in [1.807, 2.05) is 4.90 Å². The van der Waals surface area contributed by atoms with Crippen LogP contribution in [0.3, 0.4) is 0 Å². The molecule has 1 unspecified atom stereocenters. The number of nitrogens with zero attached hydrogens (tertiary/aromatic N) is 1. The summed E-state index contributed by atoms with van der Waals surface area (Å²) in [5.41, 5.74) is 6.32. The second-order valence-corrected chi connectivity index (χ2v) is 5.53. The van der Waals surface area contributed by atoms with E-state index in [1.54, 1.807) is 0 Å². The van der Waals surface area contributed by atoms with Crippen molar-refractivity contribution >= 4 is 5.91 Å². The zero-order valence-electron chi connectivity index (χ0n) is 11.7. The van der Waals surface area contributed by atoms with Crippen LogP contribution in [0.15, 0.2) is 0 Å². The van der Waals surface area contributed by atoms with Gasteiger partial charge in [-0.15, -0.1) is 0 Å². The molecule has 1 amide bonds. The molecule has 2 N–H and O–H groups in total. The number of likely N-dealkylation sites (tertiary alicyclic amines) is 1. The van der Waals surface area contributed by atoms with Crippen LogP contribution in [0.25, 0.3) is 0 Å². The molecular weight excluding hydrogens is 212 g/mol. The zero-order valence-corrected chi connectivity index (χ0v) is 11.7. The predicted octanol–water partition coefficient (Wildman–Crippen LogP) is 2.54. The van der Waals surface area contributed by atoms with E-state index in [1.165, 1.54) is 12.8 Å². The molecule has 0 bridgehead atoms. The Balaban J connectivity index is 2.45. The smallest absolute Gasteiger partial charge is 0.224 e. The number of hydrogen-bond donors (Lipinski definition) is 1. The van der Waals surface area contributed by atoms with Crippen LogP contribution in [0, 0.1) is 5.41 Å².